The summed E-state index contributed by atoms with van der Waals surface area (Å²) in [5.41, 5.74) is 0.888. The molecular formula is C17H22O4. The minimum Gasteiger partial charge on any atom is -0.455 e. The van der Waals surface area contributed by atoms with Gasteiger partial charge in [0, 0.05) is 13.5 Å². The van der Waals surface area contributed by atoms with Gasteiger partial charge in [0.15, 0.2) is 0 Å². The number of esters is 1. The summed E-state index contributed by atoms with van der Waals surface area (Å²) in [4.78, 5) is 23.6. The maximum atomic E-state index is 11.9. The van der Waals surface area contributed by atoms with Gasteiger partial charge >= 0.3 is 5.97 Å². The van der Waals surface area contributed by atoms with Crippen molar-refractivity contribution in [2.24, 2.45) is 5.92 Å². The van der Waals surface area contributed by atoms with Gasteiger partial charge in [0.2, 0.25) is 5.78 Å². The number of Topliss-reactive ketones (excluding diaryl/α,β-unsaturated/α-hetero) is 1. The molecule has 114 valence electrons. The molecule has 1 aliphatic carbocycles. The predicted octanol–water partition coefficient (Wildman–Crippen LogP) is 2.89. The molecule has 0 saturated heterocycles. The zero-order valence-electron chi connectivity index (χ0n) is 12.4. The second-order valence-electron chi connectivity index (χ2n) is 5.57. The lowest BCUT2D eigenvalue weighted by atomic mass is 9.84. The standard InChI is InChI=1S/C17H22O4/c1-20-15-9-7-13(8-10-15)11-16(18)17(19)21-12-14-5-3-2-4-6-14/h2-6,13,15H,7-12H2,1H3. The Labute approximate surface area is 125 Å². The molecule has 1 aromatic rings. The molecule has 1 fully saturated rings. The van der Waals surface area contributed by atoms with Crippen molar-refractivity contribution in [3.05, 3.63) is 35.9 Å². The van der Waals surface area contributed by atoms with Crippen LogP contribution in [0.3, 0.4) is 0 Å². The van der Waals surface area contributed by atoms with Gasteiger partial charge in [-0.15, -0.1) is 0 Å². The second kappa shape index (κ2) is 7.93. The van der Waals surface area contributed by atoms with E-state index in [1.54, 1.807) is 7.11 Å². The van der Waals surface area contributed by atoms with Crippen LogP contribution in [0.1, 0.15) is 37.7 Å². The van der Waals surface area contributed by atoms with E-state index < -0.39 is 11.8 Å². The highest BCUT2D eigenvalue weighted by atomic mass is 16.5. The highest BCUT2D eigenvalue weighted by molar-refractivity contribution is 6.33. The highest BCUT2D eigenvalue weighted by Gasteiger charge is 2.26. The van der Waals surface area contributed by atoms with Crippen LogP contribution < -0.4 is 0 Å². The van der Waals surface area contributed by atoms with Gasteiger partial charge in [-0.25, -0.2) is 4.79 Å². The first-order chi connectivity index (χ1) is 10.2. The number of methoxy groups -OCH3 is 1. The molecule has 0 N–H and O–H groups in total. The SMILES string of the molecule is COC1CCC(CC(=O)C(=O)OCc2ccccc2)CC1. The van der Waals surface area contributed by atoms with Crippen LogP contribution in [0.5, 0.6) is 0 Å². The molecule has 0 aromatic heterocycles. The number of hydrogen-bond acceptors (Lipinski definition) is 4. The van der Waals surface area contributed by atoms with Crippen LogP contribution in [-0.4, -0.2) is 25.0 Å². The molecule has 0 heterocycles. The summed E-state index contributed by atoms with van der Waals surface area (Å²) < 4.78 is 10.4. The predicted molar refractivity (Wildman–Crippen MR) is 78.6 cm³/mol. The average Bonchev–Trinajstić information content (AvgIpc) is 2.54. The molecule has 4 heteroatoms. The van der Waals surface area contributed by atoms with Crippen LogP contribution >= 0.6 is 0 Å². The van der Waals surface area contributed by atoms with E-state index in [1.807, 2.05) is 30.3 Å². The fourth-order valence-corrected chi connectivity index (χ4v) is 2.72. The smallest absolute Gasteiger partial charge is 0.374 e. The lowest BCUT2D eigenvalue weighted by Gasteiger charge is -2.26. The number of ether oxygens (including phenoxy) is 2. The molecule has 0 atom stereocenters. The van der Waals surface area contributed by atoms with E-state index in [-0.39, 0.29) is 12.5 Å². The molecule has 1 saturated carbocycles. The third-order valence-corrected chi connectivity index (χ3v) is 4.04. The number of carbonyl (C=O) groups excluding carboxylic acids is 2. The maximum Gasteiger partial charge on any atom is 0.374 e. The molecule has 21 heavy (non-hydrogen) atoms. The summed E-state index contributed by atoms with van der Waals surface area (Å²) in [7, 11) is 1.72. The number of benzene rings is 1. The molecular weight excluding hydrogens is 268 g/mol. The fraction of sp³-hybridized carbons (Fsp3) is 0.529. The molecule has 0 unspecified atom stereocenters. The van der Waals surface area contributed by atoms with E-state index in [0.717, 1.165) is 31.2 Å². The Kier molecular flexibility index (Phi) is 5.93. The quantitative estimate of drug-likeness (QED) is 0.597. The second-order valence-corrected chi connectivity index (χ2v) is 5.57. The minimum absolute atomic E-state index is 0.155. The topological polar surface area (TPSA) is 52.6 Å². The van der Waals surface area contributed by atoms with Crippen molar-refractivity contribution in [1.29, 1.82) is 0 Å². The Morgan fingerprint density at radius 3 is 2.38 bits per heavy atom. The lowest BCUT2D eigenvalue weighted by Crippen LogP contribution is -2.25. The van der Waals surface area contributed by atoms with Gasteiger partial charge in [-0.05, 0) is 37.2 Å². The molecule has 4 nitrogen and oxygen atoms in total. The number of hydrogen-bond donors (Lipinski definition) is 0. The third kappa shape index (κ3) is 4.97. The Morgan fingerprint density at radius 1 is 1.10 bits per heavy atom. The molecule has 0 amide bonds. The first-order valence-corrected chi connectivity index (χ1v) is 7.45. The third-order valence-electron chi connectivity index (χ3n) is 4.04. The minimum atomic E-state index is -0.715. The number of carbonyl (C=O) groups is 2. The number of rotatable bonds is 6. The van der Waals surface area contributed by atoms with Crippen molar-refractivity contribution in [2.75, 3.05) is 7.11 Å². The lowest BCUT2D eigenvalue weighted by molar-refractivity contribution is -0.155. The van der Waals surface area contributed by atoms with Crippen LogP contribution in [0.4, 0.5) is 0 Å². The van der Waals surface area contributed by atoms with Crippen LogP contribution in [-0.2, 0) is 25.7 Å². The Bertz CT molecular complexity index is 461. The summed E-state index contributed by atoms with van der Waals surface area (Å²) in [5, 5.41) is 0. The zero-order valence-corrected chi connectivity index (χ0v) is 12.4. The fourth-order valence-electron chi connectivity index (χ4n) is 2.72. The van der Waals surface area contributed by atoms with Gasteiger partial charge in [0.05, 0.1) is 6.10 Å². The normalized spacial score (nSPS) is 21.8. The van der Waals surface area contributed by atoms with Crippen LogP contribution in [0, 0.1) is 5.92 Å². The molecule has 0 aliphatic heterocycles. The summed E-state index contributed by atoms with van der Waals surface area (Å²) in [6.07, 6.45) is 4.42. The summed E-state index contributed by atoms with van der Waals surface area (Å²) in [5.74, 6) is -0.840. The van der Waals surface area contributed by atoms with Crippen molar-refractivity contribution in [1.82, 2.24) is 0 Å². The average molecular weight is 290 g/mol. The Hall–Kier alpha value is -1.68. The zero-order chi connectivity index (χ0) is 15.1. The maximum absolute atomic E-state index is 11.9. The van der Waals surface area contributed by atoms with Crippen molar-refractivity contribution in [3.8, 4) is 0 Å². The number of ketones is 1. The van der Waals surface area contributed by atoms with Crippen molar-refractivity contribution >= 4 is 11.8 Å². The van der Waals surface area contributed by atoms with Crippen LogP contribution in [0.15, 0.2) is 30.3 Å². The summed E-state index contributed by atoms with van der Waals surface area (Å²) in [6, 6.07) is 9.37. The van der Waals surface area contributed by atoms with Crippen LogP contribution in [0.2, 0.25) is 0 Å². The van der Waals surface area contributed by atoms with Gasteiger partial charge in [0.1, 0.15) is 6.61 Å². The summed E-state index contributed by atoms with van der Waals surface area (Å²) >= 11 is 0. The van der Waals surface area contributed by atoms with E-state index >= 15 is 0 Å². The molecule has 0 radical (unpaired) electrons. The van der Waals surface area contributed by atoms with Gasteiger partial charge < -0.3 is 9.47 Å². The van der Waals surface area contributed by atoms with Gasteiger partial charge in [-0.3, -0.25) is 4.79 Å². The summed E-state index contributed by atoms with van der Waals surface area (Å²) in [6.45, 7) is 0.155. The molecule has 1 aromatic carbocycles. The van der Waals surface area contributed by atoms with Gasteiger partial charge in [0.25, 0.3) is 0 Å². The Morgan fingerprint density at radius 2 is 1.76 bits per heavy atom. The van der Waals surface area contributed by atoms with E-state index in [2.05, 4.69) is 0 Å². The molecule has 1 aliphatic rings. The van der Waals surface area contributed by atoms with Crippen molar-refractivity contribution in [2.45, 2.75) is 44.8 Å². The Balaban J connectivity index is 1.72. The van der Waals surface area contributed by atoms with E-state index in [4.69, 9.17) is 9.47 Å². The van der Waals surface area contributed by atoms with Crippen molar-refractivity contribution in [3.63, 3.8) is 0 Å². The monoisotopic (exact) mass is 290 g/mol. The van der Waals surface area contributed by atoms with E-state index in [1.165, 1.54) is 0 Å². The molecule has 0 bridgehead atoms. The first-order valence-electron chi connectivity index (χ1n) is 7.45. The van der Waals surface area contributed by atoms with E-state index in [0.29, 0.717) is 12.5 Å². The molecule has 0 spiro atoms. The van der Waals surface area contributed by atoms with Crippen molar-refractivity contribution < 1.29 is 19.1 Å². The van der Waals surface area contributed by atoms with Gasteiger partial charge in [-0.1, -0.05) is 30.3 Å². The first kappa shape index (κ1) is 15.7. The largest absolute Gasteiger partial charge is 0.455 e. The highest BCUT2D eigenvalue weighted by Crippen LogP contribution is 2.28. The van der Waals surface area contributed by atoms with Gasteiger partial charge in [-0.2, -0.15) is 0 Å². The molecule has 2 rings (SSSR count). The van der Waals surface area contributed by atoms with E-state index in [9.17, 15) is 9.59 Å². The van der Waals surface area contributed by atoms with Crippen LogP contribution in [0.25, 0.3) is 0 Å².